The van der Waals surface area contributed by atoms with Crippen molar-refractivity contribution in [1.82, 2.24) is 4.90 Å². The van der Waals surface area contributed by atoms with Gasteiger partial charge in [0.15, 0.2) is 0 Å². The summed E-state index contributed by atoms with van der Waals surface area (Å²) in [5.41, 5.74) is 5.65. The molecule has 0 aliphatic carbocycles. The Morgan fingerprint density at radius 2 is 2.14 bits per heavy atom. The fourth-order valence-electron chi connectivity index (χ4n) is 2.30. The first kappa shape index (κ1) is 12.0. The third-order valence-electron chi connectivity index (χ3n) is 3.24. The monoisotopic (exact) mass is 198 g/mol. The number of rotatable bonds is 5. The summed E-state index contributed by atoms with van der Waals surface area (Å²) in [4.78, 5) is 2.66. The summed E-state index contributed by atoms with van der Waals surface area (Å²) < 4.78 is 0. The Morgan fingerprint density at radius 1 is 1.36 bits per heavy atom. The number of nitrogens with zero attached hydrogens (tertiary/aromatic N) is 1. The lowest BCUT2D eigenvalue weighted by molar-refractivity contribution is 0.135. The van der Waals surface area contributed by atoms with E-state index in [-0.39, 0.29) is 0 Å². The van der Waals surface area contributed by atoms with E-state index in [1.165, 1.54) is 45.2 Å². The molecule has 0 radical (unpaired) electrons. The molecule has 84 valence electrons. The third kappa shape index (κ3) is 3.97. The molecule has 0 bridgehead atoms. The van der Waals surface area contributed by atoms with Crippen molar-refractivity contribution in [3.8, 4) is 0 Å². The van der Waals surface area contributed by atoms with E-state index in [0.717, 1.165) is 18.5 Å². The molecule has 0 aromatic carbocycles. The van der Waals surface area contributed by atoms with Crippen molar-refractivity contribution in [2.75, 3.05) is 19.6 Å². The van der Waals surface area contributed by atoms with E-state index in [0.29, 0.717) is 0 Å². The highest BCUT2D eigenvalue weighted by Gasteiger charge is 2.20. The molecule has 1 fully saturated rings. The summed E-state index contributed by atoms with van der Waals surface area (Å²) in [6, 6.07) is 0.785. The zero-order valence-electron chi connectivity index (χ0n) is 9.84. The van der Waals surface area contributed by atoms with Gasteiger partial charge in [0, 0.05) is 6.04 Å². The summed E-state index contributed by atoms with van der Waals surface area (Å²) in [5, 5.41) is 0. The predicted molar refractivity (Wildman–Crippen MR) is 62.3 cm³/mol. The standard InChI is InChI=1S/C12H26N2/c1-11(2)7-10-14-9-4-3-5-12(14)6-8-13/h11-12H,3-10,13H2,1-2H3. The molecular formula is C12H26N2. The topological polar surface area (TPSA) is 29.3 Å². The highest BCUT2D eigenvalue weighted by atomic mass is 15.2. The van der Waals surface area contributed by atoms with E-state index in [4.69, 9.17) is 5.73 Å². The van der Waals surface area contributed by atoms with Gasteiger partial charge in [0.1, 0.15) is 0 Å². The highest BCUT2D eigenvalue weighted by Crippen LogP contribution is 2.20. The number of hydrogen-bond donors (Lipinski definition) is 1. The van der Waals surface area contributed by atoms with Crippen LogP contribution < -0.4 is 5.73 Å². The van der Waals surface area contributed by atoms with Crippen LogP contribution in [0.15, 0.2) is 0 Å². The van der Waals surface area contributed by atoms with Crippen molar-refractivity contribution in [3.63, 3.8) is 0 Å². The second-order valence-corrected chi connectivity index (χ2v) is 4.95. The van der Waals surface area contributed by atoms with Gasteiger partial charge in [-0.2, -0.15) is 0 Å². The van der Waals surface area contributed by atoms with Gasteiger partial charge >= 0.3 is 0 Å². The fraction of sp³-hybridized carbons (Fsp3) is 1.00. The van der Waals surface area contributed by atoms with E-state index in [9.17, 15) is 0 Å². The first-order chi connectivity index (χ1) is 6.74. The van der Waals surface area contributed by atoms with Gasteiger partial charge < -0.3 is 10.6 Å². The Hall–Kier alpha value is -0.0800. The molecule has 1 aliphatic rings. The second kappa shape index (κ2) is 6.41. The first-order valence-electron chi connectivity index (χ1n) is 6.18. The number of piperidine rings is 1. The summed E-state index contributed by atoms with van der Waals surface area (Å²) >= 11 is 0. The number of likely N-dealkylation sites (tertiary alicyclic amines) is 1. The van der Waals surface area contributed by atoms with Crippen molar-refractivity contribution < 1.29 is 0 Å². The van der Waals surface area contributed by atoms with Gasteiger partial charge in [-0.1, -0.05) is 20.3 Å². The maximum Gasteiger partial charge on any atom is 0.0107 e. The van der Waals surface area contributed by atoms with Crippen molar-refractivity contribution in [1.29, 1.82) is 0 Å². The minimum atomic E-state index is 0.785. The molecule has 1 atom stereocenters. The van der Waals surface area contributed by atoms with Crippen LogP contribution in [-0.2, 0) is 0 Å². The van der Waals surface area contributed by atoms with Crippen molar-refractivity contribution in [2.45, 2.75) is 52.0 Å². The van der Waals surface area contributed by atoms with Crippen LogP contribution in [0, 0.1) is 5.92 Å². The molecular weight excluding hydrogens is 172 g/mol. The predicted octanol–water partition coefficient (Wildman–Crippen LogP) is 2.24. The van der Waals surface area contributed by atoms with Crippen molar-refractivity contribution >= 4 is 0 Å². The zero-order valence-corrected chi connectivity index (χ0v) is 9.84. The van der Waals surface area contributed by atoms with E-state index in [1.807, 2.05) is 0 Å². The molecule has 1 saturated heterocycles. The SMILES string of the molecule is CC(C)CCN1CCCCC1CCN. The molecule has 1 unspecified atom stereocenters. The molecule has 0 saturated carbocycles. The normalized spacial score (nSPS) is 24.4. The van der Waals surface area contributed by atoms with Crippen molar-refractivity contribution in [3.05, 3.63) is 0 Å². The van der Waals surface area contributed by atoms with Gasteiger partial charge in [-0.3, -0.25) is 0 Å². The lowest BCUT2D eigenvalue weighted by atomic mass is 9.98. The maximum atomic E-state index is 5.65. The zero-order chi connectivity index (χ0) is 10.4. The minimum Gasteiger partial charge on any atom is -0.330 e. The Balaban J connectivity index is 2.30. The van der Waals surface area contributed by atoms with Crippen LogP contribution in [0.2, 0.25) is 0 Å². The van der Waals surface area contributed by atoms with Gasteiger partial charge in [-0.05, 0) is 51.2 Å². The maximum absolute atomic E-state index is 5.65. The average molecular weight is 198 g/mol. The van der Waals surface area contributed by atoms with Gasteiger partial charge in [0.25, 0.3) is 0 Å². The van der Waals surface area contributed by atoms with Crippen LogP contribution in [0.4, 0.5) is 0 Å². The van der Waals surface area contributed by atoms with Crippen LogP contribution in [0.5, 0.6) is 0 Å². The van der Waals surface area contributed by atoms with Crippen LogP contribution >= 0.6 is 0 Å². The smallest absolute Gasteiger partial charge is 0.0107 e. The Bertz CT molecular complexity index is 143. The highest BCUT2D eigenvalue weighted by molar-refractivity contribution is 4.77. The summed E-state index contributed by atoms with van der Waals surface area (Å²) in [6.45, 7) is 8.05. The molecule has 2 heteroatoms. The summed E-state index contributed by atoms with van der Waals surface area (Å²) in [5.74, 6) is 0.829. The molecule has 14 heavy (non-hydrogen) atoms. The molecule has 0 spiro atoms. The quantitative estimate of drug-likeness (QED) is 0.734. The second-order valence-electron chi connectivity index (χ2n) is 4.95. The van der Waals surface area contributed by atoms with Crippen molar-refractivity contribution in [2.24, 2.45) is 11.7 Å². The summed E-state index contributed by atoms with van der Waals surface area (Å²) in [6.07, 6.45) is 6.69. The molecule has 1 aliphatic heterocycles. The molecule has 1 heterocycles. The lowest BCUT2D eigenvalue weighted by Gasteiger charge is -2.36. The fourth-order valence-corrected chi connectivity index (χ4v) is 2.30. The number of hydrogen-bond acceptors (Lipinski definition) is 2. The van der Waals surface area contributed by atoms with E-state index in [1.54, 1.807) is 0 Å². The van der Waals surface area contributed by atoms with E-state index in [2.05, 4.69) is 18.7 Å². The summed E-state index contributed by atoms with van der Waals surface area (Å²) in [7, 11) is 0. The molecule has 1 rings (SSSR count). The Labute approximate surface area is 88.8 Å². The first-order valence-corrected chi connectivity index (χ1v) is 6.18. The molecule has 2 N–H and O–H groups in total. The molecule has 0 aromatic rings. The van der Waals surface area contributed by atoms with Crippen LogP contribution in [0.25, 0.3) is 0 Å². The molecule has 0 aromatic heterocycles. The van der Waals surface area contributed by atoms with Gasteiger partial charge in [0.05, 0.1) is 0 Å². The average Bonchev–Trinajstić information content (AvgIpc) is 2.17. The lowest BCUT2D eigenvalue weighted by Crippen LogP contribution is -2.41. The molecule has 2 nitrogen and oxygen atoms in total. The van der Waals surface area contributed by atoms with Gasteiger partial charge in [-0.15, -0.1) is 0 Å². The van der Waals surface area contributed by atoms with Crippen LogP contribution in [-0.4, -0.2) is 30.6 Å². The van der Waals surface area contributed by atoms with E-state index < -0.39 is 0 Å². The molecule has 0 amide bonds. The third-order valence-corrected chi connectivity index (χ3v) is 3.24. The Morgan fingerprint density at radius 3 is 2.79 bits per heavy atom. The largest absolute Gasteiger partial charge is 0.330 e. The van der Waals surface area contributed by atoms with E-state index >= 15 is 0 Å². The number of nitrogens with two attached hydrogens (primary N) is 1. The minimum absolute atomic E-state index is 0.785. The van der Waals surface area contributed by atoms with Gasteiger partial charge in [-0.25, -0.2) is 0 Å². The Kier molecular flexibility index (Phi) is 5.49. The van der Waals surface area contributed by atoms with Crippen LogP contribution in [0.3, 0.4) is 0 Å². The van der Waals surface area contributed by atoms with Gasteiger partial charge in [0.2, 0.25) is 0 Å². The van der Waals surface area contributed by atoms with Crippen LogP contribution in [0.1, 0.15) is 46.0 Å².